The van der Waals surface area contributed by atoms with Crippen LogP contribution in [-0.2, 0) is 0 Å². The molecule has 0 fully saturated rings. The molecular formula is C27H26N3P. The Hall–Kier alpha value is -3.29. The third-order valence-electron chi connectivity index (χ3n) is 5.04. The number of likely N-dealkylation sites (N-methyl/N-ethyl adjacent to an activating group) is 1. The van der Waals surface area contributed by atoms with Crippen molar-refractivity contribution in [2.45, 2.75) is 0 Å². The van der Waals surface area contributed by atoms with E-state index in [1.807, 2.05) is 30.3 Å². The molecule has 4 aromatic carbocycles. The third kappa shape index (κ3) is 5.45. The molecule has 0 aliphatic carbocycles. The summed E-state index contributed by atoms with van der Waals surface area (Å²) in [5.41, 5.74) is 2.14. The predicted molar refractivity (Wildman–Crippen MR) is 134 cm³/mol. The first-order valence-corrected chi connectivity index (χ1v) is 11.8. The summed E-state index contributed by atoms with van der Waals surface area (Å²) in [5.74, 6) is 0. The molecule has 0 unspecified atom stereocenters. The highest BCUT2D eigenvalue weighted by Gasteiger charge is 2.20. The Morgan fingerprint density at radius 1 is 0.645 bits per heavy atom. The Balaban J connectivity index is 1.59. The van der Waals surface area contributed by atoms with Crippen LogP contribution in [0.2, 0.25) is 0 Å². The van der Waals surface area contributed by atoms with Crippen LogP contribution in [0.15, 0.2) is 125 Å². The van der Waals surface area contributed by atoms with E-state index < -0.39 is 7.92 Å². The lowest BCUT2D eigenvalue weighted by Crippen LogP contribution is -2.29. The van der Waals surface area contributed by atoms with Gasteiger partial charge in [-0.3, -0.25) is 0 Å². The van der Waals surface area contributed by atoms with Crippen molar-refractivity contribution >= 4 is 35.2 Å². The largest absolute Gasteiger partial charge is 0.372 e. The first-order chi connectivity index (χ1) is 15.3. The molecular weight excluding hydrogens is 397 g/mol. The molecule has 0 bridgehead atoms. The van der Waals surface area contributed by atoms with E-state index in [1.165, 1.54) is 21.6 Å². The molecule has 0 saturated carbocycles. The highest BCUT2D eigenvalue weighted by molar-refractivity contribution is 7.80. The molecule has 0 aliphatic heterocycles. The van der Waals surface area contributed by atoms with Gasteiger partial charge < -0.3 is 4.90 Å². The summed E-state index contributed by atoms with van der Waals surface area (Å²) in [6, 6.07) is 40.3. The molecule has 0 saturated heterocycles. The van der Waals surface area contributed by atoms with E-state index in [-0.39, 0.29) is 0 Å². The second-order valence-electron chi connectivity index (χ2n) is 7.22. The minimum absolute atomic E-state index is 0.647. The molecule has 4 heteroatoms. The first kappa shape index (κ1) is 21.0. The molecule has 31 heavy (non-hydrogen) atoms. The fourth-order valence-corrected chi connectivity index (χ4v) is 6.00. The van der Waals surface area contributed by atoms with Crippen LogP contribution in [0.5, 0.6) is 0 Å². The molecule has 0 heterocycles. The Labute approximate surface area is 185 Å². The van der Waals surface area contributed by atoms with E-state index in [0.29, 0.717) is 6.54 Å². The third-order valence-corrected chi connectivity index (χ3v) is 7.53. The number of hydrogen-bond acceptors (Lipinski definition) is 3. The zero-order chi connectivity index (χ0) is 21.3. The van der Waals surface area contributed by atoms with Gasteiger partial charge in [-0.2, -0.15) is 10.2 Å². The highest BCUT2D eigenvalue weighted by Crippen LogP contribution is 2.36. The maximum Gasteiger partial charge on any atom is 0.0852 e. The number of azo groups is 1. The van der Waals surface area contributed by atoms with Crippen LogP contribution in [0.3, 0.4) is 0 Å². The number of benzene rings is 4. The average Bonchev–Trinajstić information content (AvgIpc) is 2.84. The maximum atomic E-state index is 4.39. The van der Waals surface area contributed by atoms with Gasteiger partial charge in [0, 0.05) is 24.6 Å². The lowest BCUT2D eigenvalue weighted by molar-refractivity contribution is 0.852. The van der Waals surface area contributed by atoms with Gasteiger partial charge in [0.25, 0.3) is 0 Å². The Kier molecular flexibility index (Phi) is 7.20. The van der Waals surface area contributed by atoms with E-state index in [0.717, 1.165) is 12.2 Å². The van der Waals surface area contributed by atoms with Crippen molar-refractivity contribution < 1.29 is 0 Å². The SMILES string of the molecule is CN(CC/N=N/c1ccccc1)c1ccccc1P(c1ccccc1)c1ccccc1. The highest BCUT2D eigenvalue weighted by atomic mass is 31.1. The molecule has 0 amide bonds. The molecule has 4 aromatic rings. The smallest absolute Gasteiger partial charge is 0.0852 e. The Morgan fingerprint density at radius 3 is 1.77 bits per heavy atom. The van der Waals surface area contributed by atoms with Crippen molar-refractivity contribution in [1.29, 1.82) is 0 Å². The Morgan fingerprint density at radius 2 is 1.16 bits per heavy atom. The molecule has 0 radical (unpaired) electrons. The van der Waals surface area contributed by atoms with Gasteiger partial charge in [0.05, 0.1) is 12.2 Å². The maximum absolute atomic E-state index is 4.39. The van der Waals surface area contributed by atoms with Crippen molar-refractivity contribution in [3.8, 4) is 0 Å². The zero-order valence-electron chi connectivity index (χ0n) is 17.7. The number of rotatable bonds is 8. The summed E-state index contributed by atoms with van der Waals surface area (Å²) in [7, 11) is 1.49. The first-order valence-electron chi connectivity index (χ1n) is 10.5. The van der Waals surface area contributed by atoms with Crippen LogP contribution in [0.1, 0.15) is 0 Å². The van der Waals surface area contributed by atoms with E-state index >= 15 is 0 Å². The predicted octanol–water partition coefficient (Wildman–Crippen LogP) is 5.66. The Bertz CT molecular complexity index is 1060. The monoisotopic (exact) mass is 423 g/mol. The second kappa shape index (κ2) is 10.7. The summed E-state index contributed by atoms with van der Waals surface area (Å²) >= 11 is 0. The van der Waals surface area contributed by atoms with Gasteiger partial charge >= 0.3 is 0 Å². The van der Waals surface area contributed by atoms with E-state index in [4.69, 9.17) is 0 Å². The normalized spacial score (nSPS) is 11.2. The number of hydrogen-bond donors (Lipinski definition) is 0. The van der Waals surface area contributed by atoms with Gasteiger partial charge in [0.1, 0.15) is 0 Å². The number of anilines is 1. The van der Waals surface area contributed by atoms with Crippen molar-refractivity contribution in [1.82, 2.24) is 0 Å². The van der Waals surface area contributed by atoms with Gasteiger partial charge in [0.2, 0.25) is 0 Å². The van der Waals surface area contributed by atoms with Crippen LogP contribution < -0.4 is 20.8 Å². The van der Waals surface area contributed by atoms with Crippen LogP contribution in [0, 0.1) is 0 Å². The molecule has 0 atom stereocenters. The summed E-state index contributed by atoms with van der Waals surface area (Å²) in [6.07, 6.45) is 0. The quantitative estimate of drug-likeness (QED) is 0.265. The average molecular weight is 424 g/mol. The van der Waals surface area contributed by atoms with Crippen molar-refractivity contribution in [2.24, 2.45) is 10.2 Å². The molecule has 154 valence electrons. The van der Waals surface area contributed by atoms with Crippen LogP contribution in [0.25, 0.3) is 0 Å². The lowest BCUT2D eigenvalue weighted by Gasteiger charge is -2.27. The van der Waals surface area contributed by atoms with E-state index in [2.05, 4.69) is 107 Å². The summed E-state index contributed by atoms with van der Waals surface area (Å²) < 4.78 is 0. The van der Waals surface area contributed by atoms with Crippen LogP contribution >= 0.6 is 7.92 Å². The summed E-state index contributed by atoms with van der Waals surface area (Å²) in [5, 5.41) is 12.8. The van der Waals surface area contributed by atoms with Gasteiger partial charge in [-0.1, -0.05) is 97.1 Å². The van der Waals surface area contributed by atoms with Gasteiger partial charge in [-0.05, 0) is 36.7 Å². The second-order valence-corrected chi connectivity index (χ2v) is 9.40. The molecule has 3 nitrogen and oxygen atoms in total. The van der Waals surface area contributed by atoms with E-state index in [9.17, 15) is 0 Å². The topological polar surface area (TPSA) is 28.0 Å². The van der Waals surface area contributed by atoms with Crippen molar-refractivity contribution in [3.05, 3.63) is 115 Å². The van der Waals surface area contributed by atoms with Crippen molar-refractivity contribution in [2.75, 3.05) is 25.0 Å². The van der Waals surface area contributed by atoms with Gasteiger partial charge in [0.15, 0.2) is 0 Å². The van der Waals surface area contributed by atoms with Gasteiger partial charge in [-0.25, -0.2) is 0 Å². The zero-order valence-corrected chi connectivity index (χ0v) is 18.6. The minimum Gasteiger partial charge on any atom is -0.372 e. The van der Waals surface area contributed by atoms with Crippen molar-refractivity contribution in [3.63, 3.8) is 0 Å². The molecule has 0 N–H and O–H groups in total. The lowest BCUT2D eigenvalue weighted by atomic mass is 10.3. The standard InChI is InChI=1S/C27H26N3P/c1-30(22-21-28-29-23-13-5-2-6-14-23)26-19-11-12-20-27(26)31(24-15-7-3-8-16-24)25-17-9-4-10-18-25/h2-20H,21-22H2,1H3/b29-28+. The number of para-hydroxylation sites is 1. The fourth-order valence-electron chi connectivity index (χ4n) is 3.50. The molecule has 0 spiro atoms. The van der Waals surface area contributed by atoms with E-state index in [1.54, 1.807) is 0 Å². The fraction of sp³-hybridized carbons (Fsp3) is 0.111. The van der Waals surface area contributed by atoms with Crippen LogP contribution in [0.4, 0.5) is 11.4 Å². The van der Waals surface area contributed by atoms with Crippen LogP contribution in [-0.4, -0.2) is 20.1 Å². The summed E-state index contributed by atoms with van der Waals surface area (Å²) in [4.78, 5) is 2.29. The summed E-state index contributed by atoms with van der Waals surface area (Å²) in [6.45, 7) is 1.45. The molecule has 0 aliphatic rings. The minimum atomic E-state index is -0.650. The number of nitrogens with zero attached hydrogens (tertiary/aromatic N) is 3. The molecule has 4 rings (SSSR count). The molecule has 0 aromatic heterocycles. The van der Waals surface area contributed by atoms with Gasteiger partial charge in [-0.15, -0.1) is 0 Å².